The van der Waals surface area contributed by atoms with Gasteiger partial charge in [-0.25, -0.2) is 0 Å². The first kappa shape index (κ1) is 102. The lowest BCUT2D eigenvalue weighted by Gasteiger charge is -2.02. The Kier molecular flexibility index (Phi) is 107. The summed E-state index contributed by atoms with van der Waals surface area (Å²) in [4.78, 5) is 126. The standard InChI is InChI=1S/3C11H19NO3.3C5H9NO3.6ClH/c3*1-2-3-4-5-8-15-11(14)7-6-10(13)9-12;3*6-3-4(7)1-2-5(8)9;;;;;;/h4-5H,2-3,6-9,12H2,1H3;3-4H,2,5-9,12H2,1H3;2-3H,4-9,12H2,1H3;3*1-3,6H2,(H,8,9);6*1H/b5-4+;4-3-;3-2-;;;;;;;;;. The van der Waals surface area contributed by atoms with Crippen molar-refractivity contribution in [2.75, 3.05) is 59.1 Å². The molecule has 0 aromatic carbocycles. The molecule has 0 bridgehead atoms. The van der Waals surface area contributed by atoms with E-state index in [2.05, 4.69) is 6.92 Å². The molecule has 0 amide bonds. The molecule has 462 valence electrons. The largest absolute Gasteiger partial charge is 0.481 e. The maximum atomic E-state index is 11.1. The number of Topliss-reactive ketones (excluding diaryl/α,β-unsaturated/α-hetero) is 6. The van der Waals surface area contributed by atoms with Crippen molar-refractivity contribution < 1.29 is 87.1 Å². The Hall–Kier alpha value is -4.44. The molecule has 0 fully saturated rings. The second kappa shape index (κ2) is 81.4. The van der Waals surface area contributed by atoms with Gasteiger partial charge in [-0.15, -0.1) is 74.4 Å². The van der Waals surface area contributed by atoms with E-state index in [1.165, 1.54) is 0 Å². The number of nitrogens with two attached hydrogens (primary N) is 6. The van der Waals surface area contributed by atoms with Crippen LogP contribution in [0.25, 0.3) is 0 Å². The van der Waals surface area contributed by atoms with Crippen molar-refractivity contribution in [3.05, 3.63) is 36.5 Å². The Bertz CT molecular complexity index is 1590. The number of carbonyl (C=O) groups is 12. The summed E-state index contributed by atoms with van der Waals surface area (Å²) >= 11 is 0. The Morgan fingerprint density at radius 3 is 0.936 bits per heavy atom. The van der Waals surface area contributed by atoms with Gasteiger partial charge in [-0.3, -0.25) is 57.5 Å². The van der Waals surface area contributed by atoms with Gasteiger partial charge < -0.3 is 63.9 Å². The van der Waals surface area contributed by atoms with Crippen LogP contribution in [-0.2, 0) is 71.7 Å². The number of halogens is 6. The van der Waals surface area contributed by atoms with Gasteiger partial charge in [0.25, 0.3) is 0 Å². The van der Waals surface area contributed by atoms with Crippen LogP contribution in [0, 0.1) is 0 Å². The van der Waals surface area contributed by atoms with E-state index in [1.54, 1.807) is 0 Å². The van der Waals surface area contributed by atoms with E-state index < -0.39 is 17.9 Å². The summed E-state index contributed by atoms with van der Waals surface area (Å²) in [6, 6.07) is 0. The molecule has 0 rings (SSSR count). The zero-order valence-electron chi connectivity index (χ0n) is 44.9. The van der Waals surface area contributed by atoms with E-state index in [1.807, 2.05) is 50.3 Å². The first-order valence-corrected chi connectivity index (χ1v) is 23.4. The number of carbonyl (C=O) groups excluding carboxylic acids is 9. The van der Waals surface area contributed by atoms with Crippen LogP contribution in [0.3, 0.4) is 0 Å². The minimum absolute atomic E-state index is 0. The maximum Gasteiger partial charge on any atom is 0.306 e. The van der Waals surface area contributed by atoms with E-state index >= 15 is 0 Å². The van der Waals surface area contributed by atoms with Crippen LogP contribution in [0.4, 0.5) is 0 Å². The number of aliphatic carboxylic acids is 3. The second-order valence-corrected chi connectivity index (χ2v) is 14.4. The van der Waals surface area contributed by atoms with E-state index in [9.17, 15) is 57.5 Å². The smallest absolute Gasteiger partial charge is 0.306 e. The molecule has 0 unspecified atom stereocenters. The minimum atomic E-state index is -0.961. The van der Waals surface area contributed by atoms with Gasteiger partial charge in [-0.2, -0.15) is 0 Å². The van der Waals surface area contributed by atoms with Gasteiger partial charge >= 0.3 is 35.8 Å². The molecule has 0 radical (unpaired) electrons. The van der Waals surface area contributed by atoms with Crippen molar-refractivity contribution >= 4 is 145 Å². The summed E-state index contributed by atoms with van der Waals surface area (Å²) < 4.78 is 14.7. The van der Waals surface area contributed by atoms with Crippen molar-refractivity contribution in [1.82, 2.24) is 0 Å². The van der Waals surface area contributed by atoms with Gasteiger partial charge in [-0.1, -0.05) is 56.7 Å². The summed E-state index contributed by atoms with van der Waals surface area (Å²) in [5.74, 6) is -4.86. The Morgan fingerprint density at radius 1 is 0.359 bits per heavy atom. The van der Waals surface area contributed by atoms with E-state index in [-0.39, 0.29) is 250 Å². The summed E-state index contributed by atoms with van der Waals surface area (Å²) in [5, 5.41) is 24.2. The Balaban J connectivity index is -0.0000000670. The van der Waals surface area contributed by atoms with Crippen LogP contribution < -0.4 is 34.4 Å². The van der Waals surface area contributed by atoms with Gasteiger partial charge in [0, 0.05) is 38.5 Å². The number of rotatable bonds is 36. The fourth-order valence-corrected chi connectivity index (χ4v) is 3.87. The third kappa shape index (κ3) is 104. The molecule has 0 aromatic rings. The SMILES string of the molecule is C/C=C\CCCOC(=O)CCC(=O)CN.CC/C=C\CCOC(=O)CCC(=O)CN.CCC/C=C/COC(=O)CCC(=O)CN.Cl.Cl.Cl.Cl.Cl.Cl.NCC(=O)CCC(=O)O.NCC(=O)CCC(=O)O.NCC(=O)CCC(=O)O. The highest BCUT2D eigenvalue weighted by Crippen LogP contribution is 1.99. The molecule has 0 aliphatic rings. The third-order valence-corrected chi connectivity index (χ3v) is 7.97. The normalized spacial score (nSPS) is 9.19. The highest BCUT2D eigenvalue weighted by atomic mass is 35.5. The number of hydrogen-bond acceptors (Lipinski definition) is 21. The molecule has 0 saturated carbocycles. The number of carboxylic acids is 3. The number of carboxylic acid groups (broad SMARTS) is 3. The van der Waals surface area contributed by atoms with Gasteiger partial charge in [0.15, 0.2) is 0 Å². The lowest BCUT2D eigenvalue weighted by atomic mass is 10.2. The highest BCUT2D eigenvalue weighted by Gasteiger charge is 2.08. The molecule has 15 N–H and O–H groups in total. The first-order valence-electron chi connectivity index (χ1n) is 23.4. The average Bonchev–Trinajstić information content (AvgIpc) is 3.37. The monoisotopic (exact) mass is 1250 g/mol. The summed E-state index contributed by atoms with van der Waals surface area (Å²) in [6.07, 6.45) is 18.0. The topological polar surface area (TPSA) is 449 Å². The highest BCUT2D eigenvalue weighted by molar-refractivity contribution is 5.87. The minimum Gasteiger partial charge on any atom is -0.481 e. The fourth-order valence-electron chi connectivity index (χ4n) is 3.87. The van der Waals surface area contributed by atoms with Gasteiger partial charge in [0.05, 0.1) is 91.0 Å². The third-order valence-electron chi connectivity index (χ3n) is 7.97. The van der Waals surface area contributed by atoms with Crippen LogP contribution in [-0.4, -0.2) is 145 Å². The van der Waals surface area contributed by atoms with Crippen LogP contribution in [0.15, 0.2) is 36.5 Å². The van der Waals surface area contributed by atoms with Crippen molar-refractivity contribution in [3.8, 4) is 0 Å². The van der Waals surface area contributed by atoms with Crippen molar-refractivity contribution in [3.63, 3.8) is 0 Å². The number of ether oxygens (including phenoxy) is 3. The van der Waals surface area contributed by atoms with Crippen molar-refractivity contribution in [1.29, 1.82) is 0 Å². The second-order valence-electron chi connectivity index (χ2n) is 14.4. The average molecular weight is 1250 g/mol. The molecule has 0 heterocycles. The molecule has 0 atom stereocenters. The molecule has 0 aliphatic heterocycles. The summed E-state index contributed by atoms with van der Waals surface area (Å²) in [5.41, 5.74) is 30.1. The van der Waals surface area contributed by atoms with Gasteiger partial charge in [0.1, 0.15) is 41.3 Å². The number of allylic oxidation sites excluding steroid dienone is 4. The number of esters is 3. The summed E-state index contributed by atoms with van der Waals surface area (Å²) in [7, 11) is 0. The lowest BCUT2D eigenvalue weighted by Crippen LogP contribution is -2.15. The van der Waals surface area contributed by atoms with Crippen molar-refractivity contribution in [2.45, 2.75) is 136 Å². The van der Waals surface area contributed by atoms with Crippen molar-refractivity contribution in [2.24, 2.45) is 34.4 Å². The molecule has 0 aliphatic carbocycles. The quantitative estimate of drug-likeness (QED) is 0.0183. The van der Waals surface area contributed by atoms with Gasteiger partial charge in [0.2, 0.25) is 0 Å². The van der Waals surface area contributed by atoms with Gasteiger partial charge in [-0.05, 0) is 39.0 Å². The lowest BCUT2D eigenvalue weighted by molar-refractivity contribution is -0.145. The first-order chi connectivity index (χ1) is 34.1. The molecule has 24 nitrogen and oxygen atoms in total. The number of unbranched alkanes of at least 4 members (excludes halogenated alkanes) is 2. The molecule has 78 heavy (non-hydrogen) atoms. The zero-order chi connectivity index (χ0) is 56.4. The molecular formula is C48H90Cl6N6O18. The zero-order valence-corrected chi connectivity index (χ0v) is 49.8. The molecule has 0 saturated heterocycles. The van der Waals surface area contributed by atoms with E-state index in [0.717, 1.165) is 38.5 Å². The number of ketones is 6. The molecular weight excluding hydrogens is 1160 g/mol. The van der Waals surface area contributed by atoms with Crippen LogP contribution in [0.5, 0.6) is 0 Å². The fraction of sp³-hybridized carbons (Fsp3) is 0.625. The number of hydrogen-bond donors (Lipinski definition) is 9. The van der Waals surface area contributed by atoms with Crippen LogP contribution in [0.1, 0.15) is 136 Å². The Morgan fingerprint density at radius 2 is 0.654 bits per heavy atom. The van der Waals surface area contributed by atoms with Crippen LogP contribution in [0.2, 0.25) is 0 Å². The summed E-state index contributed by atoms with van der Waals surface area (Å²) in [6.45, 7) is 6.95. The Labute approximate surface area is 495 Å². The van der Waals surface area contributed by atoms with Crippen LogP contribution >= 0.6 is 74.4 Å². The maximum absolute atomic E-state index is 11.1. The predicted octanol–water partition coefficient (Wildman–Crippen LogP) is 4.25. The molecule has 0 aromatic heterocycles. The predicted molar refractivity (Wildman–Crippen MR) is 311 cm³/mol. The molecule has 0 spiro atoms. The molecule has 30 heteroatoms. The van der Waals surface area contributed by atoms with E-state index in [0.29, 0.717) is 13.2 Å². The van der Waals surface area contributed by atoms with E-state index in [4.69, 9.17) is 63.9 Å².